The largest absolute Gasteiger partial charge is 0.462 e. The lowest BCUT2D eigenvalue weighted by molar-refractivity contribution is -0.126. The summed E-state index contributed by atoms with van der Waals surface area (Å²) in [5.41, 5.74) is 4.59. The standard InChI is InChI=1S/C32H39FN6O2/c1-3-30(40)37-13-15-38(16-14-37)31-27-10-12-39(29-20-23(2)19-24-7-4-5-9-26(24)29)22-28(27)34-32(35-31)41-18-17-36-11-6-8-25(33)21-36/h3-5,7,9,19-20,25H,1,6,8,10-18,21-22H2,2H3/t25-/m1/s1. The number of piperazine rings is 1. The molecule has 9 heteroatoms. The van der Waals surface area contributed by atoms with Crippen molar-refractivity contribution < 1.29 is 13.9 Å². The normalized spacial score (nSPS) is 19.8. The molecule has 0 unspecified atom stereocenters. The number of likely N-dealkylation sites (tertiary alicyclic amines) is 1. The van der Waals surface area contributed by atoms with Crippen molar-refractivity contribution in [1.82, 2.24) is 19.8 Å². The molecule has 1 atom stereocenters. The summed E-state index contributed by atoms with van der Waals surface area (Å²) in [6, 6.07) is 13.4. The van der Waals surface area contributed by atoms with Crippen LogP contribution in [0, 0.1) is 6.92 Å². The summed E-state index contributed by atoms with van der Waals surface area (Å²) < 4.78 is 20.0. The number of rotatable bonds is 7. The molecule has 3 aliphatic rings. The van der Waals surface area contributed by atoms with Crippen LogP contribution >= 0.6 is 0 Å². The van der Waals surface area contributed by atoms with E-state index in [1.165, 1.54) is 28.1 Å². The number of aromatic nitrogens is 2. The van der Waals surface area contributed by atoms with Gasteiger partial charge < -0.3 is 19.4 Å². The predicted octanol–water partition coefficient (Wildman–Crippen LogP) is 4.15. The highest BCUT2D eigenvalue weighted by Gasteiger charge is 2.29. The molecule has 3 aromatic rings. The Labute approximate surface area is 241 Å². The summed E-state index contributed by atoms with van der Waals surface area (Å²) in [6.07, 6.45) is 2.97. The molecule has 1 aromatic heterocycles. The van der Waals surface area contributed by atoms with Crippen LogP contribution < -0.4 is 14.5 Å². The molecule has 2 fully saturated rings. The molecular weight excluding hydrogens is 519 g/mol. The first-order chi connectivity index (χ1) is 20.0. The first kappa shape index (κ1) is 27.4. The fraction of sp³-hybridized carbons (Fsp3) is 0.469. The smallest absolute Gasteiger partial charge is 0.318 e. The van der Waals surface area contributed by atoms with Gasteiger partial charge in [0, 0.05) is 62.5 Å². The summed E-state index contributed by atoms with van der Waals surface area (Å²) in [7, 11) is 0. The van der Waals surface area contributed by atoms with Gasteiger partial charge in [0.15, 0.2) is 0 Å². The summed E-state index contributed by atoms with van der Waals surface area (Å²) in [6.45, 7) is 12.4. The Bertz CT molecular complexity index is 1420. The minimum atomic E-state index is -0.759. The van der Waals surface area contributed by atoms with Gasteiger partial charge in [-0.3, -0.25) is 9.69 Å². The maximum atomic E-state index is 13.9. The summed E-state index contributed by atoms with van der Waals surface area (Å²) in [4.78, 5) is 30.6. The number of carbonyl (C=O) groups excluding carboxylic acids is 1. The van der Waals surface area contributed by atoms with Crippen molar-refractivity contribution in [3.8, 4) is 6.01 Å². The number of anilines is 2. The number of aryl methyl sites for hydroxylation is 1. The topological polar surface area (TPSA) is 65.0 Å². The average Bonchev–Trinajstić information content (AvgIpc) is 2.99. The molecular formula is C32H39FN6O2. The zero-order valence-corrected chi connectivity index (χ0v) is 23.9. The first-order valence-electron chi connectivity index (χ1n) is 14.8. The molecule has 41 heavy (non-hydrogen) atoms. The van der Waals surface area contributed by atoms with Gasteiger partial charge in [-0.25, -0.2) is 4.39 Å². The minimum Gasteiger partial charge on any atom is -0.462 e. The molecule has 1 amide bonds. The highest BCUT2D eigenvalue weighted by Crippen LogP contribution is 2.35. The van der Waals surface area contributed by atoms with E-state index in [2.05, 4.69) is 64.6 Å². The van der Waals surface area contributed by atoms with Crippen molar-refractivity contribution >= 4 is 28.2 Å². The molecule has 3 aliphatic heterocycles. The van der Waals surface area contributed by atoms with Crippen LogP contribution in [0.3, 0.4) is 0 Å². The number of hydrogen-bond donors (Lipinski definition) is 0. The third-order valence-electron chi connectivity index (χ3n) is 8.50. The van der Waals surface area contributed by atoms with E-state index in [0.29, 0.717) is 64.9 Å². The van der Waals surface area contributed by atoms with Gasteiger partial charge in [0.1, 0.15) is 18.6 Å². The SMILES string of the molecule is C=CC(=O)N1CCN(c2nc(OCCN3CCC[C@@H](F)C3)nc3c2CCN(c2cc(C)cc4ccccc24)C3)CC1. The van der Waals surface area contributed by atoms with Gasteiger partial charge in [-0.05, 0) is 55.8 Å². The van der Waals surface area contributed by atoms with Crippen LogP contribution in [-0.4, -0.2) is 90.8 Å². The van der Waals surface area contributed by atoms with Crippen LogP contribution in [0.25, 0.3) is 10.8 Å². The van der Waals surface area contributed by atoms with Gasteiger partial charge in [-0.15, -0.1) is 0 Å². The number of ether oxygens (including phenoxy) is 1. The molecule has 4 heterocycles. The predicted molar refractivity (Wildman–Crippen MR) is 161 cm³/mol. The third kappa shape index (κ3) is 6.00. The van der Waals surface area contributed by atoms with E-state index < -0.39 is 6.17 Å². The fourth-order valence-corrected chi connectivity index (χ4v) is 6.35. The molecule has 0 bridgehead atoms. The van der Waals surface area contributed by atoms with Crippen LogP contribution in [0.5, 0.6) is 6.01 Å². The quantitative estimate of drug-likeness (QED) is 0.404. The van der Waals surface area contributed by atoms with E-state index in [1.807, 2.05) is 4.90 Å². The molecule has 0 spiro atoms. The van der Waals surface area contributed by atoms with Crippen molar-refractivity contribution in [3.63, 3.8) is 0 Å². The van der Waals surface area contributed by atoms with E-state index in [0.717, 1.165) is 43.0 Å². The van der Waals surface area contributed by atoms with E-state index in [4.69, 9.17) is 14.7 Å². The maximum Gasteiger partial charge on any atom is 0.318 e. The monoisotopic (exact) mass is 558 g/mol. The Balaban J connectivity index is 1.26. The number of halogens is 1. The number of nitrogens with zero attached hydrogens (tertiary/aromatic N) is 6. The molecule has 0 aliphatic carbocycles. The van der Waals surface area contributed by atoms with Gasteiger partial charge in [0.25, 0.3) is 0 Å². The Morgan fingerprint density at radius 3 is 2.73 bits per heavy atom. The number of benzene rings is 2. The summed E-state index contributed by atoms with van der Waals surface area (Å²) in [5, 5.41) is 2.48. The van der Waals surface area contributed by atoms with Crippen molar-refractivity contribution in [2.45, 2.75) is 38.9 Å². The van der Waals surface area contributed by atoms with E-state index >= 15 is 0 Å². The lowest BCUT2D eigenvalue weighted by Crippen LogP contribution is -2.49. The molecule has 2 saturated heterocycles. The number of fused-ring (bicyclic) bond motifs is 2. The third-order valence-corrected chi connectivity index (χ3v) is 8.50. The zero-order valence-electron chi connectivity index (χ0n) is 23.9. The van der Waals surface area contributed by atoms with Crippen LogP contribution in [0.1, 0.15) is 29.7 Å². The van der Waals surface area contributed by atoms with E-state index in [-0.39, 0.29) is 5.91 Å². The number of alkyl halides is 1. The lowest BCUT2D eigenvalue weighted by Gasteiger charge is -2.38. The summed E-state index contributed by atoms with van der Waals surface area (Å²) in [5.74, 6) is 0.874. The molecule has 0 radical (unpaired) electrons. The number of hydrogen-bond acceptors (Lipinski definition) is 7. The van der Waals surface area contributed by atoms with Crippen LogP contribution in [0.2, 0.25) is 0 Å². The molecule has 2 aromatic carbocycles. The van der Waals surface area contributed by atoms with Crippen molar-refractivity contribution in [1.29, 1.82) is 0 Å². The highest BCUT2D eigenvalue weighted by atomic mass is 19.1. The zero-order chi connectivity index (χ0) is 28.3. The Morgan fingerprint density at radius 1 is 1.10 bits per heavy atom. The van der Waals surface area contributed by atoms with Crippen molar-refractivity contribution in [2.75, 3.05) is 68.8 Å². The van der Waals surface area contributed by atoms with E-state index in [9.17, 15) is 9.18 Å². The van der Waals surface area contributed by atoms with Crippen molar-refractivity contribution in [2.24, 2.45) is 0 Å². The molecule has 216 valence electrons. The minimum absolute atomic E-state index is 0.0346. The highest BCUT2D eigenvalue weighted by molar-refractivity contribution is 5.95. The van der Waals surface area contributed by atoms with Crippen molar-refractivity contribution in [3.05, 3.63) is 65.9 Å². The Kier molecular flexibility index (Phi) is 8.05. The maximum absolute atomic E-state index is 13.9. The van der Waals surface area contributed by atoms with Gasteiger partial charge >= 0.3 is 6.01 Å². The van der Waals surface area contributed by atoms with Crippen LogP contribution in [-0.2, 0) is 17.8 Å². The molecule has 6 rings (SSSR count). The second kappa shape index (κ2) is 12.0. The molecule has 0 N–H and O–H groups in total. The van der Waals surface area contributed by atoms with E-state index in [1.54, 1.807) is 0 Å². The lowest BCUT2D eigenvalue weighted by atomic mass is 10.0. The molecule has 8 nitrogen and oxygen atoms in total. The van der Waals surface area contributed by atoms with Gasteiger partial charge in [0.05, 0.1) is 12.2 Å². The Morgan fingerprint density at radius 2 is 1.93 bits per heavy atom. The first-order valence-corrected chi connectivity index (χ1v) is 14.8. The second-order valence-electron chi connectivity index (χ2n) is 11.3. The van der Waals surface area contributed by atoms with Gasteiger partial charge in [0.2, 0.25) is 5.91 Å². The fourth-order valence-electron chi connectivity index (χ4n) is 6.35. The van der Waals surface area contributed by atoms with Gasteiger partial charge in [-0.1, -0.05) is 36.9 Å². The summed E-state index contributed by atoms with van der Waals surface area (Å²) >= 11 is 0. The van der Waals surface area contributed by atoms with Crippen LogP contribution in [0.4, 0.5) is 15.9 Å². The average molecular weight is 559 g/mol. The molecule has 0 saturated carbocycles. The number of piperidine rings is 1. The number of carbonyl (C=O) groups is 1. The second-order valence-corrected chi connectivity index (χ2v) is 11.3. The number of amides is 1. The van der Waals surface area contributed by atoms with Gasteiger partial charge in [-0.2, -0.15) is 9.97 Å². The Hall–Kier alpha value is -3.72. The van der Waals surface area contributed by atoms with Crippen LogP contribution in [0.15, 0.2) is 49.1 Å².